The third-order valence-corrected chi connectivity index (χ3v) is 4.15. The van der Waals surface area contributed by atoms with Gasteiger partial charge >= 0.3 is 0 Å². The molecule has 2 fully saturated rings. The van der Waals surface area contributed by atoms with E-state index in [0.717, 1.165) is 32.5 Å². The summed E-state index contributed by atoms with van der Waals surface area (Å²) in [6.45, 7) is 6.82. The Morgan fingerprint density at radius 1 is 1.39 bits per heavy atom. The predicted octanol–water partition coefficient (Wildman–Crippen LogP) is -0.328. The first-order valence-electron chi connectivity index (χ1n) is 6.81. The number of nitrogens with zero attached hydrogens (tertiary/aromatic N) is 2. The molecule has 1 amide bonds. The van der Waals surface area contributed by atoms with Crippen molar-refractivity contribution in [3.05, 3.63) is 0 Å². The van der Waals surface area contributed by atoms with Crippen LogP contribution < -0.4 is 0 Å². The van der Waals surface area contributed by atoms with Gasteiger partial charge in [0.25, 0.3) is 0 Å². The number of piperidine rings is 1. The monoisotopic (exact) mass is 256 g/mol. The summed E-state index contributed by atoms with van der Waals surface area (Å²) < 4.78 is 0. The van der Waals surface area contributed by atoms with Crippen LogP contribution in [0.1, 0.15) is 26.7 Å². The molecule has 2 unspecified atom stereocenters. The first kappa shape index (κ1) is 13.8. The molecule has 2 N–H and O–H groups in total. The summed E-state index contributed by atoms with van der Waals surface area (Å²) in [6, 6.07) is 0.279. The lowest BCUT2D eigenvalue weighted by molar-refractivity contribution is -0.170. The number of aliphatic hydroxyl groups excluding tert-OH is 2. The average Bonchev–Trinajstić information content (AvgIpc) is 2.35. The zero-order chi connectivity index (χ0) is 13.3. The Balaban J connectivity index is 1.94. The SMILES string of the molecule is CC(C)N1CC2(CCCN(CC(O)CO)C2)C1=O. The topological polar surface area (TPSA) is 64.0 Å². The summed E-state index contributed by atoms with van der Waals surface area (Å²) in [5.41, 5.74) is -0.211. The number of hydrogen-bond donors (Lipinski definition) is 2. The molecule has 0 aromatic carbocycles. The number of carbonyl (C=O) groups is 1. The number of β-amino-alcohol motifs (C(OH)–C–C–N with tert-alkyl or cyclic N) is 1. The standard InChI is InChI=1S/C13H24N2O3/c1-10(2)15-9-13(12(15)18)4-3-5-14(8-13)6-11(17)7-16/h10-11,16-17H,3-9H2,1-2H3. The molecular weight excluding hydrogens is 232 g/mol. The summed E-state index contributed by atoms with van der Waals surface area (Å²) in [5, 5.41) is 18.4. The first-order valence-corrected chi connectivity index (χ1v) is 6.81. The van der Waals surface area contributed by atoms with Crippen LogP contribution in [-0.4, -0.2) is 70.9 Å². The van der Waals surface area contributed by atoms with Crippen molar-refractivity contribution < 1.29 is 15.0 Å². The number of carbonyl (C=O) groups excluding carboxylic acids is 1. The molecule has 104 valence electrons. The van der Waals surface area contributed by atoms with E-state index in [0.29, 0.717) is 6.54 Å². The molecule has 2 aliphatic heterocycles. The molecule has 2 heterocycles. The van der Waals surface area contributed by atoms with E-state index in [9.17, 15) is 9.90 Å². The van der Waals surface area contributed by atoms with Crippen LogP contribution in [0.15, 0.2) is 0 Å². The van der Waals surface area contributed by atoms with E-state index in [4.69, 9.17) is 5.11 Å². The van der Waals surface area contributed by atoms with Crippen molar-refractivity contribution in [3.63, 3.8) is 0 Å². The Morgan fingerprint density at radius 2 is 2.11 bits per heavy atom. The first-order chi connectivity index (χ1) is 8.48. The van der Waals surface area contributed by atoms with E-state index in [1.165, 1.54) is 0 Å². The van der Waals surface area contributed by atoms with Crippen LogP contribution in [0.4, 0.5) is 0 Å². The fraction of sp³-hybridized carbons (Fsp3) is 0.923. The molecule has 18 heavy (non-hydrogen) atoms. The largest absolute Gasteiger partial charge is 0.394 e. The normalized spacial score (nSPS) is 30.9. The van der Waals surface area contributed by atoms with Crippen LogP contribution in [0.5, 0.6) is 0 Å². The third kappa shape index (κ3) is 2.39. The fourth-order valence-electron chi connectivity index (χ4n) is 3.14. The maximum Gasteiger partial charge on any atom is 0.232 e. The van der Waals surface area contributed by atoms with Crippen LogP contribution in [0.2, 0.25) is 0 Å². The molecule has 0 aliphatic carbocycles. The zero-order valence-electron chi connectivity index (χ0n) is 11.3. The predicted molar refractivity (Wildman–Crippen MR) is 68.0 cm³/mol. The van der Waals surface area contributed by atoms with Crippen LogP contribution in [0, 0.1) is 5.41 Å². The van der Waals surface area contributed by atoms with Gasteiger partial charge in [-0.25, -0.2) is 0 Å². The van der Waals surface area contributed by atoms with Gasteiger partial charge in [-0.15, -0.1) is 0 Å². The van der Waals surface area contributed by atoms with Crippen LogP contribution in [0.25, 0.3) is 0 Å². The van der Waals surface area contributed by atoms with Gasteiger partial charge < -0.3 is 15.1 Å². The van der Waals surface area contributed by atoms with Crippen molar-refractivity contribution in [1.29, 1.82) is 0 Å². The maximum atomic E-state index is 12.3. The lowest BCUT2D eigenvalue weighted by atomic mass is 9.71. The molecule has 2 saturated heterocycles. The van der Waals surface area contributed by atoms with Gasteiger partial charge in [0.1, 0.15) is 0 Å². The van der Waals surface area contributed by atoms with Crippen LogP contribution in [0.3, 0.4) is 0 Å². The number of aliphatic hydroxyl groups is 2. The van der Waals surface area contributed by atoms with E-state index in [2.05, 4.69) is 4.90 Å². The minimum Gasteiger partial charge on any atom is -0.394 e. The van der Waals surface area contributed by atoms with Gasteiger partial charge in [0.15, 0.2) is 0 Å². The molecular formula is C13H24N2O3. The van der Waals surface area contributed by atoms with Gasteiger partial charge in [0, 0.05) is 25.7 Å². The van der Waals surface area contributed by atoms with Crippen molar-refractivity contribution in [2.24, 2.45) is 5.41 Å². The van der Waals surface area contributed by atoms with Gasteiger partial charge in [0.2, 0.25) is 5.91 Å². The summed E-state index contributed by atoms with van der Waals surface area (Å²) in [4.78, 5) is 16.3. The highest BCUT2D eigenvalue weighted by Crippen LogP contribution is 2.41. The molecule has 0 radical (unpaired) electrons. The molecule has 2 aliphatic rings. The second kappa shape index (κ2) is 5.15. The van der Waals surface area contributed by atoms with Crippen molar-refractivity contribution in [1.82, 2.24) is 9.80 Å². The van der Waals surface area contributed by atoms with E-state index < -0.39 is 6.10 Å². The summed E-state index contributed by atoms with van der Waals surface area (Å²) in [5.74, 6) is 0.265. The average molecular weight is 256 g/mol. The van der Waals surface area contributed by atoms with Crippen molar-refractivity contribution in [2.45, 2.75) is 38.8 Å². The Labute approximate surface area is 108 Å². The molecule has 2 rings (SSSR count). The molecule has 0 bridgehead atoms. The maximum absolute atomic E-state index is 12.3. The van der Waals surface area contributed by atoms with Gasteiger partial charge in [-0.2, -0.15) is 0 Å². The molecule has 0 aromatic rings. The Kier molecular flexibility index (Phi) is 3.94. The molecule has 5 heteroatoms. The fourth-order valence-corrected chi connectivity index (χ4v) is 3.14. The van der Waals surface area contributed by atoms with Crippen LogP contribution >= 0.6 is 0 Å². The lowest BCUT2D eigenvalue weighted by Crippen LogP contribution is -2.68. The highest BCUT2D eigenvalue weighted by atomic mass is 16.3. The molecule has 1 spiro atoms. The second-order valence-electron chi connectivity index (χ2n) is 5.98. The van der Waals surface area contributed by atoms with Crippen molar-refractivity contribution in [3.8, 4) is 0 Å². The number of amides is 1. The Hall–Kier alpha value is -0.650. The number of β-lactam (4-membered cyclic amide) rings is 1. The van der Waals surface area contributed by atoms with E-state index in [1.807, 2.05) is 18.7 Å². The molecule has 5 nitrogen and oxygen atoms in total. The van der Waals surface area contributed by atoms with E-state index >= 15 is 0 Å². The number of likely N-dealkylation sites (tertiary alicyclic amines) is 2. The van der Waals surface area contributed by atoms with Gasteiger partial charge in [-0.3, -0.25) is 9.69 Å². The van der Waals surface area contributed by atoms with Crippen LogP contribution in [-0.2, 0) is 4.79 Å². The molecule has 2 atom stereocenters. The summed E-state index contributed by atoms with van der Waals surface area (Å²) in [6.07, 6.45) is 1.26. The zero-order valence-corrected chi connectivity index (χ0v) is 11.3. The number of hydrogen-bond acceptors (Lipinski definition) is 4. The quantitative estimate of drug-likeness (QED) is 0.676. The Morgan fingerprint density at radius 3 is 2.67 bits per heavy atom. The van der Waals surface area contributed by atoms with Crippen molar-refractivity contribution in [2.75, 3.05) is 32.8 Å². The highest BCUT2D eigenvalue weighted by molar-refractivity contribution is 5.89. The molecule has 0 aromatic heterocycles. The van der Waals surface area contributed by atoms with Gasteiger partial charge in [-0.05, 0) is 33.2 Å². The lowest BCUT2D eigenvalue weighted by Gasteiger charge is -2.54. The highest BCUT2D eigenvalue weighted by Gasteiger charge is 2.54. The van der Waals surface area contributed by atoms with E-state index in [1.54, 1.807) is 0 Å². The summed E-state index contributed by atoms with van der Waals surface area (Å²) >= 11 is 0. The molecule has 0 saturated carbocycles. The summed E-state index contributed by atoms with van der Waals surface area (Å²) in [7, 11) is 0. The smallest absolute Gasteiger partial charge is 0.232 e. The number of rotatable bonds is 4. The van der Waals surface area contributed by atoms with Gasteiger partial charge in [0.05, 0.1) is 18.1 Å². The minimum absolute atomic E-state index is 0.211. The second-order valence-corrected chi connectivity index (χ2v) is 5.98. The van der Waals surface area contributed by atoms with Crippen molar-refractivity contribution >= 4 is 5.91 Å². The Bertz CT molecular complexity index is 321. The minimum atomic E-state index is -0.698. The van der Waals surface area contributed by atoms with Gasteiger partial charge in [-0.1, -0.05) is 0 Å². The van der Waals surface area contributed by atoms with E-state index in [-0.39, 0.29) is 24.0 Å². The third-order valence-electron chi connectivity index (χ3n) is 4.15.